The summed E-state index contributed by atoms with van der Waals surface area (Å²) in [5, 5.41) is 8.75. The van der Waals surface area contributed by atoms with E-state index in [4.69, 9.17) is 9.66 Å². The SMILES string of the molecule is O=S(=O)(O)c1ccc(O)cc1.[K+]. The minimum atomic E-state index is -4.13. The second-order valence-corrected chi connectivity index (χ2v) is 3.39. The molecule has 0 saturated heterocycles. The van der Waals surface area contributed by atoms with Crippen molar-refractivity contribution in [1.82, 2.24) is 0 Å². The van der Waals surface area contributed by atoms with E-state index in [1.165, 1.54) is 12.1 Å². The minimum absolute atomic E-state index is 0. The first-order chi connectivity index (χ1) is 5.00. The summed E-state index contributed by atoms with van der Waals surface area (Å²) in [6.45, 7) is 0. The Kier molecular flexibility index (Phi) is 4.93. The van der Waals surface area contributed by atoms with Gasteiger partial charge in [-0.1, -0.05) is 0 Å². The van der Waals surface area contributed by atoms with Crippen LogP contribution in [-0.4, -0.2) is 18.1 Å². The maximum Gasteiger partial charge on any atom is 1.00 e. The van der Waals surface area contributed by atoms with Gasteiger partial charge in [-0.2, -0.15) is 8.42 Å². The Hall–Kier alpha value is 0.566. The first-order valence-electron chi connectivity index (χ1n) is 2.77. The van der Waals surface area contributed by atoms with Crippen LogP contribution in [0.3, 0.4) is 0 Å². The van der Waals surface area contributed by atoms with Crippen molar-refractivity contribution in [3.8, 4) is 5.75 Å². The number of hydrogen-bond donors (Lipinski definition) is 2. The summed E-state index contributed by atoms with van der Waals surface area (Å²) < 4.78 is 29.3. The number of benzene rings is 1. The number of phenolic OH excluding ortho intramolecular Hbond substituents is 1. The van der Waals surface area contributed by atoms with Crippen molar-refractivity contribution in [2.75, 3.05) is 0 Å². The molecule has 60 valence electrons. The van der Waals surface area contributed by atoms with Gasteiger partial charge >= 0.3 is 51.4 Å². The molecule has 0 radical (unpaired) electrons. The van der Waals surface area contributed by atoms with Crippen LogP contribution in [0.2, 0.25) is 0 Å². The Bertz CT molecular complexity index is 342. The van der Waals surface area contributed by atoms with Gasteiger partial charge in [0, 0.05) is 0 Å². The molecular weight excluding hydrogens is 207 g/mol. The molecule has 0 fully saturated rings. The average molecular weight is 213 g/mol. The summed E-state index contributed by atoms with van der Waals surface area (Å²) in [5.74, 6) is -0.0441. The molecule has 0 heterocycles. The summed E-state index contributed by atoms with van der Waals surface area (Å²) in [6, 6.07) is 4.60. The van der Waals surface area contributed by atoms with Crippen molar-refractivity contribution in [2.45, 2.75) is 4.90 Å². The van der Waals surface area contributed by atoms with Gasteiger partial charge in [0.15, 0.2) is 0 Å². The van der Waals surface area contributed by atoms with Crippen molar-refractivity contribution in [1.29, 1.82) is 0 Å². The molecule has 6 heteroatoms. The van der Waals surface area contributed by atoms with E-state index in [1.807, 2.05) is 0 Å². The zero-order valence-electron chi connectivity index (χ0n) is 6.43. The standard InChI is InChI=1S/C6H6O4S.K/c7-5-1-3-6(4-2-5)11(8,9)10;/h1-4,7H,(H,8,9,10);/q;+1. The van der Waals surface area contributed by atoms with Crippen molar-refractivity contribution < 1.29 is 69.5 Å². The van der Waals surface area contributed by atoms with Gasteiger partial charge < -0.3 is 5.11 Å². The van der Waals surface area contributed by atoms with Gasteiger partial charge in [0.1, 0.15) is 5.75 Å². The fourth-order valence-electron chi connectivity index (χ4n) is 0.618. The maximum atomic E-state index is 10.4. The second-order valence-electron chi connectivity index (χ2n) is 1.97. The minimum Gasteiger partial charge on any atom is -0.508 e. The van der Waals surface area contributed by atoms with Crippen LogP contribution in [0, 0.1) is 0 Å². The van der Waals surface area contributed by atoms with Gasteiger partial charge in [0.2, 0.25) is 0 Å². The molecule has 0 amide bonds. The van der Waals surface area contributed by atoms with E-state index in [-0.39, 0.29) is 62.0 Å². The number of hydrogen-bond acceptors (Lipinski definition) is 3. The Morgan fingerprint density at radius 1 is 1.08 bits per heavy atom. The fraction of sp³-hybridized carbons (Fsp3) is 0. The predicted octanol–water partition coefficient (Wildman–Crippen LogP) is -2.36. The van der Waals surface area contributed by atoms with Gasteiger partial charge in [0.25, 0.3) is 10.1 Å². The normalized spacial score (nSPS) is 10.4. The molecule has 0 aliphatic carbocycles. The monoisotopic (exact) mass is 213 g/mol. The summed E-state index contributed by atoms with van der Waals surface area (Å²) in [4.78, 5) is -0.227. The zero-order valence-corrected chi connectivity index (χ0v) is 10.4. The van der Waals surface area contributed by atoms with Crippen molar-refractivity contribution in [3.05, 3.63) is 24.3 Å². The number of aromatic hydroxyl groups is 1. The maximum absolute atomic E-state index is 10.4. The van der Waals surface area contributed by atoms with Crippen LogP contribution in [0.1, 0.15) is 0 Å². The van der Waals surface area contributed by atoms with Gasteiger partial charge in [-0.25, -0.2) is 0 Å². The number of phenols is 1. The van der Waals surface area contributed by atoms with E-state index in [0.717, 1.165) is 12.1 Å². The van der Waals surface area contributed by atoms with E-state index in [2.05, 4.69) is 0 Å². The zero-order chi connectivity index (χ0) is 8.48. The topological polar surface area (TPSA) is 74.6 Å². The van der Waals surface area contributed by atoms with E-state index >= 15 is 0 Å². The molecule has 1 aromatic carbocycles. The molecule has 0 aliphatic heterocycles. The van der Waals surface area contributed by atoms with Crippen molar-refractivity contribution in [3.63, 3.8) is 0 Å². The van der Waals surface area contributed by atoms with Crippen molar-refractivity contribution >= 4 is 10.1 Å². The third kappa shape index (κ3) is 3.52. The predicted molar refractivity (Wildman–Crippen MR) is 37.9 cm³/mol. The van der Waals surface area contributed by atoms with Crippen LogP contribution >= 0.6 is 0 Å². The Balaban J connectivity index is 0.00000121. The molecule has 0 saturated carbocycles. The molecule has 0 spiro atoms. The van der Waals surface area contributed by atoms with E-state index in [9.17, 15) is 8.42 Å². The molecule has 0 aromatic heterocycles. The van der Waals surface area contributed by atoms with Gasteiger partial charge in [0.05, 0.1) is 4.90 Å². The molecule has 0 atom stereocenters. The molecule has 0 unspecified atom stereocenters. The third-order valence-corrected chi connectivity index (χ3v) is 2.00. The van der Waals surface area contributed by atoms with Gasteiger partial charge in [-0.15, -0.1) is 0 Å². The first-order valence-corrected chi connectivity index (χ1v) is 4.21. The average Bonchev–Trinajstić information content (AvgIpc) is 1.86. The summed E-state index contributed by atoms with van der Waals surface area (Å²) >= 11 is 0. The van der Waals surface area contributed by atoms with E-state index in [0.29, 0.717) is 0 Å². The van der Waals surface area contributed by atoms with Crippen LogP contribution in [0.4, 0.5) is 0 Å². The Morgan fingerprint density at radius 2 is 1.50 bits per heavy atom. The molecule has 1 rings (SSSR count). The fourth-order valence-corrected chi connectivity index (χ4v) is 1.10. The summed E-state index contributed by atoms with van der Waals surface area (Å²) in [6.07, 6.45) is 0. The van der Waals surface area contributed by atoms with E-state index < -0.39 is 10.1 Å². The largest absolute Gasteiger partial charge is 1.00 e. The van der Waals surface area contributed by atoms with E-state index in [1.54, 1.807) is 0 Å². The van der Waals surface area contributed by atoms with Gasteiger partial charge in [-0.3, -0.25) is 4.55 Å². The second kappa shape index (κ2) is 4.71. The van der Waals surface area contributed by atoms with Crippen molar-refractivity contribution in [2.24, 2.45) is 0 Å². The molecule has 12 heavy (non-hydrogen) atoms. The Morgan fingerprint density at radius 3 is 1.83 bits per heavy atom. The number of rotatable bonds is 1. The van der Waals surface area contributed by atoms with Crippen LogP contribution in [-0.2, 0) is 10.1 Å². The summed E-state index contributed by atoms with van der Waals surface area (Å²) in [5.41, 5.74) is 0. The summed E-state index contributed by atoms with van der Waals surface area (Å²) in [7, 11) is -4.13. The van der Waals surface area contributed by atoms with Crippen LogP contribution in [0.25, 0.3) is 0 Å². The quantitative estimate of drug-likeness (QED) is 0.404. The third-order valence-electron chi connectivity index (χ3n) is 1.13. The molecule has 2 N–H and O–H groups in total. The van der Waals surface area contributed by atoms with Gasteiger partial charge in [-0.05, 0) is 24.3 Å². The first kappa shape index (κ1) is 12.6. The smallest absolute Gasteiger partial charge is 0.508 e. The Labute approximate surface area is 113 Å². The van der Waals surface area contributed by atoms with Crippen LogP contribution < -0.4 is 51.4 Å². The molecular formula is C6H6KO4S+. The molecule has 4 nitrogen and oxygen atoms in total. The molecule has 0 aliphatic rings. The van der Waals surface area contributed by atoms with Crippen LogP contribution in [0.5, 0.6) is 5.75 Å². The van der Waals surface area contributed by atoms with Crippen LogP contribution in [0.15, 0.2) is 29.2 Å². The molecule has 1 aromatic rings. The molecule has 0 bridgehead atoms.